The molecule has 0 saturated carbocycles. The van der Waals surface area contributed by atoms with E-state index in [1.807, 2.05) is 19.1 Å². The molecule has 0 spiro atoms. The van der Waals surface area contributed by atoms with Crippen LogP contribution < -0.4 is 15.8 Å². The van der Waals surface area contributed by atoms with E-state index in [1.54, 1.807) is 31.5 Å². The standard InChI is InChI=1S/C22H24ClN5O5S2/c1-5-32-21(31)17-12(3)18(19(24)30)35-20(17)25-16(29)10-34-22-27-26-15(28(22)4)9-33-14-8-11(2)6-7-13(14)23/h6-8H,5,9-10H2,1-4H3,(H2,24,30)(H,25,29). The molecule has 10 nitrogen and oxygen atoms in total. The van der Waals surface area contributed by atoms with Crippen molar-refractivity contribution in [3.8, 4) is 5.75 Å². The summed E-state index contributed by atoms with van der Waals surface area (Å²) in [5.41, 5.74) is 6.91. The summed E-state index contributed by atoms with van der Waals surface area (Å²) >= 11 is 8.26. The summed E-state index contributed by atoms with van der Waals surface area (Å²) in [7, 11) is 1.76. The van der Waals surface area contributed by atoms with Crippen molar-refractivity contribution < 1.29 is 23.9 Å². The highest BCUT2D eigenvalue weighted by atomic mass is 35.5. The number of hydrogen-bond acceptors (Lipinski definition) is 9. The van der Waals surface area contributed by atoms with E-state index in [1.165, 1.54) is 0 Å². The van der Waals surface area contributed by atoms with Gasteiger partial charge in [0.2, 0.25) is 5.91 Å². The number of carbonyl (C=O) groups is 3. The molecule has 13 heteroatoms. The number of thioether (sulfide) groups is 1. The number of carbonyl (C=O) groups excluding carboxylic acids is 3. The maximum atomic E-state index is 12.6. The molecule has 2 aromatic heterocycles. The summed E-state index contributed by atoms with van der Waals surface area (Å²) in [6.07, 6.45) is 0. The number of aryl methyl sites for hydroxylation is 1. The number of thiophene rings is 1. The summed E-state index contributed by atoms with van der Waals surface area (Å²) in [6.45, 7) is 5.48. The van der Waals surface area contributed by atoms with E-state index in [-0.39, 0.29) is 34.4 Å². The summed E-state index contributed by atoms with van der Waals surface area (Å²) in [5.74, 6) is -0.638. The summed E-state index contributed by atoms with van der Waals surface area (Å²) in [5, 5.41) is 12.1. The van der Waals surface area contributed by atoms with Crippen molar-refractivity contribution >= 4 is 57.5 Å². The van der Waals surface area contributed by atoms with Crippen molar-refractivity contribution in [3.05, 3.63) is 50.6 Å². The molecule has 0 unspecified atom stereocenters. The Morgan fingerprint density at radius 1 is 1.26 bits per heavy atom. The molecule has 0 saturated heterocycles. The van der Waals surface area contributed by atoms with Crippen molar-refractivity contribution in [2.24, 2.45) is 12.8 Å². The third-order valence-corrected chi connectivity index (χ3v) is 7.36. The molecule has 0 radical (unpaired) electrons. The SMILES string of the molecule is CCOC(=O)c1c(NC(=O)CSc2nnc(COc3cc(C)ccc3Cl)n2C)sc(C(N)=O)c1C. The van der Waals surface area contributed by atoms with Gasteiger partial charge in [-0.1, -0.05) is 29.4 Å². The predicted molar refractivity (Wildman–Crippen MR) is 134 cm³/mol. The van der Waals surface area contributed by atoms with Gasteiger partial charge in [0.1, 0.15) is 17.4 Å². The van der Waals surface area contributed by atoms with Crippen molar-refractivity contribution in [1.82, 2.24) is 14.8 Å². The van der Waals surface area contributed by atoms with Gasteiger partial charge >= 0.3 is 5.97 Å². The van der Waals surface area contributed by atoms with Crippen molar-refractivity contribution in [2.75, 3.05) is 17.7 Å². The number of halogens is 1. The van der Waals surface area contributed by atoms with Crippen LogP contribution >= 0.6 is 34.7 Å². The molecule has 0 aliphatic heterocycles. The minimum atomic E-state index is -0.686. The molecular formula is C22H24ClN5O5S2. The van der Waals surface area contributed by atoms with Crippen LogP contribution in [0.3, 0.4) is 0 Å². The number of amides is 2. The van der Waals surface area contributed by atoms with Crippen LogP contribution in [0, 0.1) is 13.8 Å². The van der Waals surface area contributed by atoms with Crippen LogP contribution in [0.5, 0.6) is 5.75 Å². The lowest BCUT2D eigenvalue weighted by Crippen LogP contribution is -2.17. The molecule has 0 aliphatic rings. The van der Waals surface area contributed by atoms with E-state index in [4.69, 9.17) is 26.8 Å². The highest BCUT2D eigenvalue weighted by molar-refractivity contribution is 7.99. The zero-order chi connectivity index (χ0) is 25.7. The number of hydrogen-bond donors (Lipinski definition) is 2. The molecule has 2 amide bonds. The lowest BCUT2D eigenvalue weighted by atomic mass is 10.1. The van der Waals surface area contributed by atoms with Gasteiger partial charge in [-0.15, -0.1) is 21.5 Å². The van der Waals surface area contributed by atoms with Crippen LogP contribution in [0.2, 0.25) is 5.02 Å². The fraction of sp³-hybridized carbons (Fsp3) is 0.318. The normalized spacial score (nSPS) is 10.8. The highest BCUT2D eigenvalue weighted by Crippen LogP contribution is 2.34. The quantitative estimate of drug-likeness (QED) is 0.294. The number of aromatic nitrogens is 3. The molecule has 1 aromatic carbocycles. The molecule has 2 heterocycles. The topological polar surface area (TPSA) is 138 Å². The van der Waals surface area contributed by atoms with E-state index in [0.717, 1.165) is 28.7 Å². The fourth-order valence-electron chi connectivity index (χ4n) is 3.04. The van der Waals surface area contributed by atoms with Gasteiger partial charge in [0.25, 0.3) is 5.91 Å². The summed E-state index contributed by atoms with van der Waals surface area (Å²) in [4.78, 5) is 36.9. The van der Waals surface area contributed by atoms with Crippen molar-refractivity contribution in [2.45, 2.75) is 32.5 Å². The Labute approximate surface area is 215 Å². The van der Waals surface area contributed by atoms with E-state index in [2.05, 4.69) is 15.5 Å². The van der Waals surface area contributed by atoms with Gasteiger partial charge in [0.05, 0.1) is 27.8 Å². The second-order valence-corrected chi connectivity index (χ2v) is 9.73. The second-order valence-electron chi connectivity index (χ2n) is 7.36. The largest absolute Gasteiger partial charge is 0.484 e. The first-order valence-corrected chi connectivity index (χ1v) is 12.6. The van der Waals surface area contributed by atoms with E-state index in [9.17, 15) is 14.4 Å². The first-order valence-electron chi connectivity index (χ1n) is 10.4. The molecule has 3 rings (SSSR count). The molecule has 0 bridgehead atoms. The van der Waals surface area contributed by atoms with Crippen LogP contribution in [0.4, 0.5) is 5.00 Å². The number of ether oxygens (including phenoxy) is 2. The Balaban J connectivity index is 1.65. The lowest BCUT2D eigenvalue weighted by Gasteiger charge is -2.09. The van der Waals surface area contributed by atoms with Crippen LogP contribution in [-0.2, 0) is 23.2 Å². The summed E-state index contributed by atoms with van der Waals surface area (Å²) < 4.78 is 12.5. The first kappa shape index (κ1) is 26.5. The summed E-state index contributed by atoms with van der Waals surface area (Å²) in [6, 6.07) is 5.48. The Hall–Kier alpha value is -3.09. The van der Waals surface area contributed by atoms with Crippen LogP contribution in [0.15, 0.2) is 23.4 Å². The Morgan fingerprint density at radius 3 is 2.69 bits per heavy atom. The van der Waals surface area contributed by atoms with E-state index >= 15 is 0 Å². The molecular weight excluding hydrogens is 514 g/mol. The Morgan fingerprint density at radius 2 is 2.00 bits per heavy atom. The zero-order valence-corrected chi connectivity index (χ0v) is 21.9. The third kappa shape index (κ3) is 6.32. The van der Waals surface area contributed by atoms with Gasteiger partial charge in [-0.2, -0.15) is 0 Å². The maximum absolute atomic E-state index is 12.6. The maximum Gasteiger partial charge on any atom is 0.341 e. The number of nitrogens with zero attached hydrogens (tertiary/aromatic N) is 3. The number of nitrogens with two attached hydrogens (primary N) is 1. The number of anilines is 1. The predicted octanol–water partition coefficient (Wildman–Crippen LogP) is 3.73. The Bertz CT molecular complexity index is 1270. The van der Waals surface area contributed by atoms with Crippen LogP contribution in [0.1, 0.15) is 43.9 Å². The molecule has 35 heavy (non-hydrogen) atoms. The average Bonchev–Trinajstić information content (AvgIpc) is 3.32. The van der Waals surface area contributed by atoms with Crippen molar-refractivity contribution in [1.29, 1.82) is 0 Å². The van der Waals surface area contributed by atoms with Gasteiger partial charge in [-0.3, -0.25) is 9.59 Å². The highest BCUT2D eigenvalue weighted by Gasteiger charge is 2.26. The second kappa shape index (κ2) is 11.6. The number of nitrogens with one attached hydrogen (secondary N) is 1. The monoisotopic (exact) mass is 537 g/mol. The molecule has 3 N–H and O–H groups in total. The Kier molecular flexibility index (Phi) is 8.76. The third-order valence-electron chi connectivity index (χ3n) is 4.80. The number of esters is 1. The fourth-order valence-corrected chi connectivity index (χ4v) is 5.00. The van der Waals surface area contributed by atoms with Gasteiger partial charge in [-0.25, -0.2) is 4.79 Å². The average molecular weight is 538 g/mol. The van der Waals surface area contributed by atoms with Crippen molar-refractivity contribution in [3.63, 3.8) is 0 Å². The van der Waals surface area contributed by atoms with E-state index < -0.39 is 17.8 Å². The van der Waals surface area contributed by atoms with Gasteiger partial charge < -0.3 is 25.1 Å². The van der Waals surface area contributed by atoms with E-state index in [0.29, 0.717) is 27.3 Å². The molecule has 0 aliphatic carbocycles. The van der Waals surface area contributed by atoms with Crippen LogP contribution in [-0.4, -0.2) is 44.9 Å². The molecule has 0 atom stereocenters. The van der Waals surface area contributed by atoms with Crippen LogP contribution in [0.25, 0.3) is 0 Å². The number of primary amides is 1. The minimum absolute atomic E-state index is 0.0122. The number of benzene rings is 1. The number of rotatable bonds is 10. The smallest absolute Gasteiger partial charge is 0.341 e. The first-order chi connectivity index (χ1) is 16.6. The lowest BCUT2D eigenvalue weighted by molar-refractivity contribution is -0.113. The molecule has 186 valence electrons. The molecule has 0 fully saturated rings. The van der Waals surface area contributed by atoms with Gasteiger partial charge in [0.15, 0.2) is 11.0 Å². The zero-order valence-electron chi connectivity index (χ0n) is 19.5. The molecule has 3 aromatic rings. The minimum Gasteiger partial charge on any atom is -0.484 e. The van der Waals surface area contributed by atoms with Gasteiger partial charge in [-0.05, 0) is 44.0 Å². The van der Waals surface area contributed by atoms with Gasteiger partial charge in [0, 0.05) is 7.05 Å².